The molecule has 1 aliphatic rings. The lowest BCUT2D eigenvalue weighted by molar-refractivity contribution is 0.0199. The molecule has 0 aromatic heterocycles. The Kier molecular flexibility index (Phi) is 3.73. The Morgan fingerprint density at radius 1 is 1.15 bits per heavy atom. The zero-order valence-electron chi connectivity index (χ0n) is 13.2. The van der Waals surface area contributed by atoms with Crippen LogP contribution in [0.5, 0.6) is 5.75 Å². The molecule has 1 atom stereocenters. The first kappa shape index (κ1) is 15.5. The van der Waals surface area contributed by atoms with E-state index < -0.39 is 21.0 Å². The fourth-order valence-corrected chi connectivity index (χ4v) is 5.32. The highest BCUT2D eigenvalue weighted by atomic mass is 29.3. The zero-order chi connectivity index (χ0) is 15.2. The van der Waals surface area contributed by atoms with Crippen molar-refractivity contribution in [2.75, 3.05) is 6.61 Å². The van der Waals surface area contributed by atoms with Gasteiger partial charge in [-0.3, -0.25) is 4.79 Å². The fraction of sp³-hybridized carbons (Fsp3) is 0.533. The van der Waals surface area contributed by atoms with Crippen LogP contribution in [0.3, 0.4) is 0 Å². The molecule has 0 radical (unpaired) electrons. The van der Waals surface area contributed by atoms with E-state index in [4.69, 9.17) is 9.16 Å². The van der Waals surface area contributed by atoms with Crippen molar-refractivity contribution in [1.82, 2.24) is 0 Å². The van der Waals surface area contributed by atoms with Crippen LogP contribution in [0.4, 0.5) is 0 Å². The van der Waals surface area contributed by atoms with Gasteiger partial charge < -0.3 is 9.16 Å². The standard InChI is InChI=1S/C15H24O3Si2/c1-15(18-20(5,6)19(2,3)4)11-17-13-10-8-7-9-12(13)14(15)16/h7-10H,11H2,1-6H3. The molecule has 0 saturated carbocycles. The maximum Gasteiger partial charge on any atom is 0.200 e. The van der Waals surface area contributed by atoms with E-state index in [-0.39, 0.29) is 5.78 Å². The molecule has 1 heterocycles. The van der Waals surface area contributed by atoms with Crippen LogP contribution in [0.25, 0.3) is 0 Å². The Labute approximate surface area is 123 Å². The summed E-state index contributed by atoms with van der Waals surface area (Å²) in [4.78, 5) is 12.8. The molecule has 0 aliphatic carbocycles. The molecule has 110 valence electrons. The molecule has 0 fully saturated rings. The first-order valence-electron chi connectivity index (χ1n) is 7.04. The number of ether oxygens (including phenoxy) is 1. The van der Waals surface area contributed by atoms with Crippen molar-refractivity contribution in [2.45, 2.75) is 45.3 Å². The van der Waals surface area contributed by atoms with Crippen LogP contribution in [-0.2, 0) is 4.43 Å². The van der Waals surface area contributed by atoms with E-state index in [0.717, 1.165) is 0 Å². The lowest BCUT2D eigenvalue weighted by Gasteiger charge is -2.43. The van der Waals surface area contributed by atoms with Crippen molar-refractivity contribution >= 4 is 21.2 Å². The summed E-state index contributed by atoms with van der Waals surface area (Å²) in [5, 5.41) is 0. The molecule has 0 N–H and O–H groups in total. The van der Waals surface area contributed by atoms with E-state index in [1.807, 2.05) is 31.2 Å². The minimum absolute atomic E-state index is 0.0539. The summed E-state index contributed by atoms with van der Waals surface area (Å²) in [5.74, 6) is 0.726. The molecule has 1 unspecified atom stereocenters. The fourth-order valence-electron chi connectivity index (χ4n) is 2.14. The van der Waals surface area contributed by atoms with Gasteiger partial charge in [0.05, 0.1) is 13.2 Å². The van der Waals surface area contributed by atoms with E-state index in [9.17, 15) is 4.79 Å². The average Bonchev–Trinajstić information content (AvgIpc) is 2.33. The van der Waals surface area contributed by atoms with Crippen LogP contribution in [0.2, 0.25) is 32.7 Å². The lowest BCUT2D eigenvalue weighted by atomic mass is 9.93. The first-order chi connectivity index (χ1) is 9.07. The van der Waals surface area contributed by atoms with Crippen molar-refractivity contribution in [3.63, 3.8) is 0 Å². The van der Waals surface area contributed by atoms with Gasteiger partial charge in [0.1, 0.15) is 12.4 Å². The van der Waals surface area contributed by atoms with Crippen LogP contribution in [-0.4, -0.2) is 33.4 Å². The van der Waals surface area contributed by atoms with Crippen LogP contribution in [0, 0.1) is 0 Å². The SMILES string of the molecule is CC1(O[Si](C)(C)[Si](C)(C)C)COc2ccccc2C1=O. The molecule has 1 aliphatic heterocycles. The van der Waals surface area contributed by atoms with Crippen LogP contribution in [0.15, 0.2) is 24.3 Å². The minimum atomic E-state index is -1.89. The number of rotatable bonds is 3. The molecule has 5 heteroatoms. The number of carbonyl (C=O) groups is 1. The summed E-state index contributed by atoms with van der Waals surface area (Å²) in [6, 6.07) is 7.42. The maximum atomic E-state index is 12.8. The smallest absolute Gasteiger partial charge is 0.200 e. The Bertz CT molecular complexity index is 534. The number of hydrogen-bond acceptors (Lipinski definition) is 3. The molecule has 0 spiro atoms. The predicted octanol–water partition coefficient (Wildman–Crippen LogP) is 3.66. The second-order valence-corrected chi connectivity index (χ2v) is 23.0. The predicted molar refractivity (Wildman–Crippen MR) is 86.6 cm³/mol. The summed E-state index contributed by atoms with van der Waals surface area (Å²) in [6.45, 7) is 13.6. The highest BCUT2D eigenvalue weighted by Crippen LogP contribution is 2.34. The molecular weight excluding hydrogens is 284 g/mol. The van der Waals surface area contributed by atoms with Crippen molar-refractivity contribution in [3.05, 3.63) is 29.8 Å². The van der Waals surface area contributed by atoms with E-state index in [1.54, 1.807) is 0 Å². The first-order valence-corrected chi connectivity index (χ1v) is 14.4. The molecule has 2 rings (SSSR count). The highest BCUT2D eigenvalue weighted by Gasteiger charge is 2.49. The van der Waals surface area contributed by atoms with Gasteiger partial charge in [-0.1, -0.05) is 31.8 Å². The molecular formula is C15H24O3Si2. The topological polar surface area (TPSA) is 35.5 Å². The monoisotopic (exact) mass is 308 g/mol. The normalized spacial score (nSPS) is 23.2. The van der Waals surface area contributed by atoms with E-state index >= 15 is 0 Å². The number of para-hydroxylation sites is 1. The van der Waals surface area contributed by atoms with Gasteiger partial charge in [0.15, 0.2) is 19.2 Å². The summed E-state index contributed by atoms with van der Waals surface area (Å²) >= 11 is 0. The molecule has 0 amide bonds. The van der Waals surface area contributed by atoms with Gasteiger partial charge in [0, 0.05) is 0 Å². The van der Waals surface area contributed by atoms with Crippen LogP contribution >= 0.6 is 0 Å². The molecule has 20 heavy (non-hydrogen) atoms. The number of benzene rings is 1. The van der Waals surface area contributed by atoms with Gasteiger partial charge >= 0.3 is 0 Å². The molecule has 0 saturated heterocycles. The maximum absolute atomic E-state index is 12.8. The Morgan fingerprint density at radius 2 is 1.75 bits per heavy atom. The zero-order valence-corrected chi connectivity index (χ0v) is 15.2. The number of ketones is 1. The number of carbonyl (C=O) groups excluding carboxylic acids is 1. The molecule has 1 aromatic rings. The number of Topliss-reactive ketones (excluding diaryl/α,β-unsaturated/α-hetero) is 1. The largest absolute Gasteiger partial charge is 0.489 e. The van der Waals surface area contributed by atoms with Gasteiger partial charge in [0.2, 0.25) is 0 Å². The van der Waals surface area contributed by atoms with Gasteiger partial charge in [-0.05, 0) is 32.2 Å². The van der Waals surface area contributed by atoms with Crippen LogP contribution < -0.4 is 4.74 Å². The Morgan fingerprint density at radius 3 is 2.35 bits per heavy atom. The third kappa shape index (κ3) is 2.62. The summed E-state index contributed by atoms with van der Waals surface area (Å²) < 4.78 is 12.2. The van der Waals surface area contributed by atoms with E-state index in [2.05, 4.69) is 32.7 Å². The third-order valence-electron chi connectivity index (χ3n) is 4.40. The van der Waals surface area contributed by atoms with Gasteiger partial charge in [-0.25, -0.2) is 0 Å². The summed E-state index contributed by atoms with van der Waals surface area (Å²) in [5.41, 5.74) is -0.203. The van der Waals surface area contributed by atoms with Crippen molar-refractivity contribution in [1.29, 1.82) is 0 Å². The molecule has 3 nitrogen and oxygen atoms in total. The van der Waals surface area contributed by atoms with Crippen molar-refractivity contribution < 1.29 is 14.0 Å². The lowest BCUT2D eigenvalue weighted by Crippen LogP contribution is -2.62. The van der Waals surface area contributed by atoms with Gasteiger partial charge in [0.25, 0.3) is 0 Å². The molecule has 1 aromatic carbocycles. The Hall–Kier alpha value is -0.916. The summed E-state index contributed by atoms with van der Waals surface area (Å²) in [6.07, 6.45) is 0. The third-order valence-corrected chi connectivity index (χ3v) is 20.1. The number of hydrogen-bond donors (Lipinski definition) is 0. The second kappa shape index (κ2) is 4.82. The average molecular weight is 309 g/mol. The summed E-state index contributed by atoms with van der Waals surface area (Å²) in [7, 11) is -3.32. The second-order valence-electron chi connectivity index (χ2n) is 7.21. The Balaban J connectivity index is 2.32. The molecule has 0 bridgehead atoms. The van der Waals surface area contributed by atoms with Crippen molar-refractivity contribution in [2.24, 2.45) is 0 Å². The quantitative estimate of drug-likeness (QED) is 0.799. The van der Waals surface area contributed by atoms with Gasteiger partial charge in [-0.15, -0.1) is 0 Å². The van der Waals surface area contributed by atoms with Crippen LogP contribution in [0.1, 0.15) is 17.3 Å². The number of fused-ring (bicyclic) bond motifs is 1. The van der Waals surface area contributed by atoms with Crippen molar-refractivity contribution in [3.8, 4) is 5.75 Å². The highest BCUT2D eigenvalue weighted by molar-refractivity contribution is 7.37. The van der Waals surface area contributed by atoms with E-state index in [0.29, 0.717) is 17.9 Å². The van der Waals surface area contributed by atoms with Gasteiger partial charge in [-0.2, -0.15) is 0 Å². The minimum Gasteiger partial charge on any atom is -0.489 e. The van der Waals surface area contributed by atoms with E-state index in [1.165, 1.54) is 0 Å².